The Morgan fingerprint density at radius 3 is 2.73 bits per heavy atom. The first-order chi connectivity index (χ1) is 10.5. The summed E-state index contributed by atoms with van der Waals surface area (Å²) in [5.74, 6) is -0.324. The van der Waals surface area contributed by atoms with E-state index in [2.05, 4.69) is 15.9 Å². The van der Waals surface area contributed by atoms with Crippen LogP contribution >= 0.6 is 27.5 Å². The lowest BCUT2D eigenvalue weighted by molar-refractivity contribution is -0.384. The third-order valence-corrected chi connectivity index (χ3v) is 4.34. The van der Waals surface area contributed by atoms with E-state index in [1.54, 1.807) is 24.3 Å². The maximum absolute atomic E-state index is 12.7. The molecule has 0 aliphatic carbocycles. The van der Waals surface area contributed by atoms with Crippen LogP contribution in [0.1, 0.15) is 15.9 Å². The van der Waals surface area contributed by atoms with Gasteiger partial charge in [0.15, 0.2) is 0 Å². The van der Waals surface area contributed by atoms with Gasteiger partial charge in [0.05, 0.1) is 15.5 Å². The highest BCUT2D eigenvalue weighted by molar-refractivity contribution is 9.10. The zero-order valence-electron chi connectivity index (χ0n) is 11.3. The first-order valence-corrected chi connectivity index (χ1v) is 7.69. The highest BCUT2D eigenvalue weighted by Crippen LogP contribution is 2.40. The molecule has 0 saturated heterocycles. The molecule has 0 saturated carbocycles. The van der Waals surface area contributed by atoms with Gasteiger partial charge in [0.1, 0.15) is 5.69 Å². The zero-order chi connectivity index (χ0) is 15.9. The van der Waals surface area contributed by atoms with E-state index in [0.717, 1.165) is 5.56 Å². The van der Waals surface area contributed by atoms with E-state index in [1.807, 2.05) is 6.07 Å². The Balaban J connectivity index is 2.10. The molecule has 0 aromatic heterocycles. The number of carbonyl (C=O) groups is 1. The minimum atomic E-state index is -0.470. The zero-order valence-corrected chi connectivity index (χ0v) is 13.6. The maximum Gasteiger partial charge on any atom is 0.294 e. The van der Waals surface area contributed by atoms with Gasteiger partial charge in [-0.05, 0) is 30.2 Å². The number of nitrogens with zero attached hydrogens (tertiary/aromatic N) is 2. The third kappa shape index (κ3) is 2.48. The molecule has 7 heteroatoms. The van der Waals surface area contributed by atoms with Gasteiger partial charge >= 0.3 is 0 Å². The molecule has 0 N–H and O–H groups in total. The molecule has 1 aliphatic rings. The number of halogens is 2. The minimum Gasteiger partial charge on any atom is -0.302 e. The summed E-state index contributed by atoms with van der Waals surface area (Å²) < 4.78 is 0.630. The molecular formula is C15H10BrClN2O3. The van der Waals surface area contributed by atoms with Crippen LogP contribution < -0.4 is 4.90 Å². The molecule has 1 heterocycles. The summed E-state index contributed by atoms with van der Waals surface area (Å²) in [5, 5.41) is 11.6. The van der Waals surface area contributed by atoms with Crippen molar-refractivity contribution in [3.05, 3.63) is 67.1 Å². The van der Waals surface area contributed by atoms with Crippen LogP contribution in [0.4, 0.5) is 11.4 Å². The summed E-state index contributed by atoms with van der Waals surface area (Å²) in [4.78, 5) is 25.0. The van der Waals surface area contributed by atoms with Crippen LogP contribution in [-0.2, 0) is 6.42 Å². The molecule has 0 bridgehead atoms. The molecule has 0 unspecified atom stereocenters. The van der Waals surface area contributed by atoms with Gasteiger partial charge in [-0.25, -0.2) is 0 Å². The monoisotopic (exact) mass is 380 g/mol. The van der Waals surface area contributed by atoms with E-state index in [0.29, 0.717) is 33.7 Å². The van der Waals surface area contributed by atoms with Crippen molar-refractivity contribution >= 4 is 44.8 Å². The second-order valence-electron chi connectivity index (χ2n) is 4.88. The molecule has 0 fully saturated rings. The normalized spacial score (nSPS) is 13.1. The van der Waals surface area contributed by atoms with Crippen molar-refractivity contribution < 1.29 is 9.72 Å². The fourth-order valence-electron chi connectivity index (χ4n) is 2.61. The smallest absolute Gasteiger partial charge is 0.294 e. The lowest BCUT2D eigenvalue weighted by Gasteiger charge is -2.18. The lowest BCUT2D eigenvalue weighted by atomic mass is 10.1. The van der Waals surface area contributed by atoms with Gasteiger partial charge in [0.25, 0.3) is 11.6 Å². The van der Waals surface area contributed by atoms with Crippen molar-refractivity contribution in [3.63, 3.8) is 0 Å². The van der Waals surface area contributed by atoms with Crippen molar-refractivity contribution in [1.29, 1.82) is 0 Å². The van der Waals surface area contributed by atoms with Crippen LogP contribution in [0, 0.1) is 10.1 Å². The Hall–Kier alpha value is -1.92. The first kappa shape index (κ1) is 15.0. The third-order valence-electron chi connectivity index (χ3n) is 3.55. The Labute approximate surface area is 139 Å². The molecule has 0 spiro atoms. The van der Waals surface area contributed by atoms with Crippen LogP contribution in [0.2, 0.25) is 5.02 Å². The molecule has 0 atom stereocenters. The number of anilines is 1. The number of hydrogen-bond acceptors (Lipinski definition) is 3. The van der Waals surface area contributed by atoms with E-state index < -0.39 is 4.92 Å². The Morgan fingerprint density at radius 2 is 2.05 bits per heavy atom. The molecular weight excluding hydrogens is 372 g/mol. The number of benzene rings is 2. The van der Waals surface area contributed by atoms with Crippen molar-refractivity contribution in [2.24, 2.45) is 0 Å². The predicted octanol–water partition coefficient (Wildman–Crippen LogP) is 4.21. The van der Waals surface area contributed by atoms with E-state index in [9.17, 15) is 14.9 Å². The fourth-order valence-corrected chi connectivity index (χ4v) is 3.32. The number of hydrogen-bond donors (Lipinski definition) is 0. The maximum atomic E-state index is 12.7. The quantitative estimate of drug-likeness (QED) is 0.578. The van der Waals surface area contributed by atoms with Crippen LogP contribution in [0.5, 0.6) is 0 Å². The number of fused-ring (bicyclic) bond motifs is 1. The summed E-state index contributed by atoms with van der Waals surface area (Å²) in [6.45, 7) is 0.399. The summed E-state index contributed by atoms with van der Waals surface area (Å²) in [7, 11) is 0. The largest absolute Gasteiger partial charge is 0.302 e. The van der Waals surface area contributed by atoms with Crippen molar-refractivity contribution in [3.8, 4) is 0 Å². The number of nitro benzene ring substituents is 1. The van der Waals surface area contributed by atoms with Crippen molar-refractivity contribution in [2.75, 3.05) is 11.4 Å². The van der Waals surface area contributed by atoms with E-state index in [4.69, 9.17) is 11.6 Å². The van der Waals surface area contributed by atoms with Crippen LogP contribution in [0.3, 0.4) is 0 Å². The van der Waals surface area contributed by atoms with E-state index >= 15 is 0 Å². The van der Waals surface area contributed by atoms with Gasteiger partial charge in [0.2, 0.25) is 0 Å². The number of carbonyl (C=O) groups excluding carboxylic acids is 1. The van der Waals surface area contributed by atoms with E-state index in [1.165, 1.54) is 11.0 Å². The second kappa shape index (κ2) is 5.70. The average Bonchev–Trinajstić information content (AvgIpc) is 2.89. The lowest BCUT2D eigenvalue weighted by Crippen LogP contribution is -2.29. The summed E-state index contributed by atoms with van der Waals surface area (Å²) in [5.41, 5.74) is 1.40. The van der Waals surface area contributed by atoms with Crippen molar-refractivity contribution in [2.45, 2.75) is 6.42 Å². The molecule has 0 radical (unpaired) electrons. The first-order valence-electron chi connectivity index (χ1n) is 6.52. The van der Waals surface area contributed by atoms with Gasteiger partial charge in [-0.1, -0.05) is 39.7 Å². The van der Waals surface area contributed by atoms with Gasteiger partial charge < -0.3 is 4.90 Å². The highest BCUT2D eigenvalue weighted by Gasteiger charge is 2.33. The van der Waals surface area contributed by atoms with Crippen LogP contribution in [0.15, 0.2) is 40.9 Å². The van der Waals surface area contributed by atoms with E-state index in [-0.39, 0.29) is 11.6 Å². The van der Waals surface area contributed by atoms with Gasteiger partial charge in [0, 0.05) is 17.1 Å². The standard InChI is InChI=1S/C15H10BrClN2O3/c16-10-7-9-5-6-18(14(9)13(8-10)19(21)22)15(20)11-3-1-2-4-12(11)17/h1-4,7-8H,5-6H2. The SMILES string of the molecule is O=C(c1ccccc1Cl)N1CCc2cc(Br)cc([N+](=O)[O-])c21. The topological polar surface area (TPSA) is 63.5 Å². The van der Waals surface area contributed by atoms with Crippen LogP contribution in [-0.4, -0.2) is 17.4 Å². The number of amides is 1. The molecule has 1 amide bonds. The van der Waals surface area contributed by atoms with Gasteiger partial charge in [-0.2, -0.15) is 0 Å². The summed E-state index contributed by atoms with van der Waals surface area (Å²) >= 11 is 9.33. The minimum absolute atomic E-state index is 0.0812. The number of nitro groups is 1. The molecule has 2 aromatic carbocycles. The van der Waals surface area contributed by atoms with Gasteiger partial charge in [-0.3, -0.25) is 14.9 Å². The fraction of sp³-hybridized carbons (Fsp3) is 0.133. The van der Waals surface area contributed by atoms with Crippen molar-refractivity contribution in [1.82, 2.24) is 0 Å². The highest BCUT2D eigenvalue weighted by atomic mass is 79.9. The molecule has 22 heavy (non-hydrogen) atoms. The molecule has 112 valence electrons. The Bertz CT molecular complexity index is 794. The van der Waals surface area contributed by atoms with Gasteiger partial charge in [-0.15, -0.1) is 0 Å². The second-order valence-corrected chi connectivity index (χ2v) is 6.20. The summed E-state index contributed by atoms with van der Waals surface area (Å²) in [6, 6.07) is 9.91. The molecule has 1 aliphatic heterocycles. The van der Waals surface area contributed by atoms with Crippen LogP contribution in [0.25, 0.3) is 0 Å². The average molecular weight is 382 g/mol. The summed E-state index contributed by atoms with van der Waals surface area (Å²) in [6.07, 6.45) is 0.575. The Kier molecular flexibility index (Phi) is 3.88. The molecule has 5 nitrogen and oxygen atoms in total. The number of rotatable bonds is 2. The predicted molar refractivity (Wildman–Crippen MR) is 87.6 cm³/mol. The molecule has 2 aromatic rings. The Morgan fingerprint density at radius 1 is 1.32 bits per heavy atom. The molecule has 3 rings (SSSR count).